The fourth-order valence-corrected chi connectivity index (χ4v) is 4.24. The molecule has 0 spiro atoms. The number of carbonyl (C=O) groups is 3. The van der Waals surface area contributed by atoms with Crippen molar-refractivity contribution in [3.8, 4) is 11.5 Å². The number of aryl methyl sites for hydroxylation is 1. The van der Waals surface area contributed by atoms with Crippen LogP contribution in [0.4, 0.5) is 0 Å². The lowest BCUT2D eigenvalue weighted by atomic mass is 10.0. The van der Waals surface area contributed by atoms with Crippen LogP contribution in [0.5, 0.6) is 11.5 Å². The van der Waals surface area contributed by atoms with Crippen molar-refractivity contribution >= 4 is 17.8 Å². The summed E-state index contributed by atoms with van der Waals surface area (Å²) in [4.78, 5) is 34.4. The largest absolute Gasteiger partial charge is 0.493 e. The highest BCUT2D eigenvalue weighted by Crippen LogP contribution is 2.23. The molecular formula is C32H39NO8. The smallest absolute Gasteiger partial charge is 0.335 e. The van der Waals surface area contributed by atoms with E-state index >= 15 is 0 Å². The predicted molar refractivity (Wildman–Crippen MR) is 154 cm³/mol. The van der Waals surface area contributed by atoms with Gasteiger partial charge in [-0.1, -0.05) is 18.2 Å². The van der Waals surface area contributed by atoms with Gasteiger partial charge < -0.3 is 29.7 Å². The molecule has 1 aliphatic rings. The third-order valence-electron chi connectivity index (χ3n) is 6.33. The molecule has 3 rings (SSSR count). The zero-order valence-corrected chi connectivity index (χ0v) is 23.6. The van der Waals surface area contributed by atoms with E-state index in [1.165, 1.54) is 12.1 Å². The first kappa shape index (κ1) is 31.3. The summed E-state index contributed by atoms with van der Waals surface area (Å²) < 4.78 is 17.6. The fourth-order valence-electron chi connectivity index (χ4n) is 4.24. The van der Waals surface area contributed by atoms with Crippen molar-refractivity contribution in [2.24, 2.45) is 5.92 Å². The average Bonchev–Trinajstić information content (AvgIpc) is 2.94. The highest BCUT2D eigenvalue weighted by atomic mass is 16.5. The number of hydrogen-bond acceptors (Lipinski definition) is 6. The Balaban J connectivity index is 1.43. The topological polar surface area (TPSA) is 131 Å². The number of aromatic carboxylic acids is 1. The third kappa shape index (κ3) is 11.4. The summed E-state index contributed by atoms with van der Waals surface area (Å²) in [6.45, 7) is 5.24. The van der Waals surface area contributed by atoms with Gasteiger partial charge in [-0.2, -0.15) is 0 Å². The Morgan fingerprint density at radius 1 is 1.02 bits per heavy atom. The molecule has 3 N–H and O–H groups in total. The minimum atomic E-state index is -1.09. The Labute approximate surface area is 240 Å². The maximum Gasteiger partial charge on any atom is 0.335 e. The van der Waals surface area contributed by atoms with Crippen LogP contribution in [-0.2, 0) is 27.2 Å². The van der Waals surface area contributed by atoms with Crippen LogP contribution in [0, 0.1) is 5.92 Å². The van der Waals surface area contributed by atoms with Gasteiger partial charge in [0, 0.05) is 24.4 Å². The van der Waals surface area contributed by atoms with E-state index in [1.807, 2.05) is 44.2 Å². The number of aliphatic carboxylic acids is 1. The van der Waals surface area contributed by atoms with Gasteiger partial charge in [-0.15, -0.1) is 0 Å². The van der Waals surface area contributed by atoms with Crippen LogP contribution in [0.2, 0.25) is 0 Å². The molecule has 0 bridgehead atoms. The summed E-state index contributed by atoms with van der Waals surface area (Å²) in [6.07, 6.45) is 9.00. The number of rotatable bonds is 17. The summed E-state index contributed by atoms with van der Waals surface area (Å²) in [7, 11) is 0. The minimum absolute atomic E-state index is 0.0374. The van der Waals surface area contributed by atoms with Crippen LogP contribution < -0.4 is 14.8 Å². The number of carboxylic acids is 2. The van der Waals surface area contributed by atoms with E-state index in [1.54, 1.807) is 6.07 Å². The van der Waals surface area contributed by atoms with Crippen molar-refractivity contribution < 1.29 is 38.8 Å². The molecule has 0 saturated carbocycles. The van der Waals surface area contributed by atoms with E-state index in [0.717, 1.165) is 36.3 Å². The molecule has 9 heteroatoms. The molecule has 2 aromatic rings. The lowest BCUT2D eigenvalue weighted by Gasteiger charge is -2.18. The van der Waals surface area contributed by atoms with Crippen molar-refractivity contribution in [2.45, 2.75) is 58.5 Å². The lowest BCUT2D eigenvalue weighted by molar-refractivity contribution is -0.137. The maximum atomic E-state index is 12.3. The van der Waals surface area contributed by atoms with Crippen molar-refractivity contribution in [3.63, 3.8) is 0 Å². The molecule has 9 nitrogen and oxygen atoms in total. The second kappa shape index (κ2) is 16.1. The number of carboxylic acid groups (broad SMARTS) is 2. The van der Waals surface area contributed by atoms with Gasteiger partial charge in [0.2, 0.25) is 5.91 Å². The summed E-state index contributed by atoms with van der Waals surface area (Å²) in [5, 5.41) is 20.7. The highest BCUT2D eigenvalue weighted by molar-refractivity contribution is 5.89. The molecule has 0 fully saturated rings. The molecule has 0 aromatic heterocycles. The first-order chi connectivity index (χ1) is 19.7. The molecule has 1 aliphatic carbocycles. The number of hydrogen-bond donors (Lipinski definition) is 3. The molecule has 41 heavy (non-hydrogen) atoms. The second-order valence-electron chi connectivity index (χ2n) is 10.2. The molecule has 1 unspecified atom stereocenters. The predicted octanol–water partition coefficient (Wildman–Crippen LogP) is 5.18. The Bertz CT molecular complexity index is 1230. The lowest BCUT2D eigenvalue weighted by Crippen LogP contribution is -2.26. The molecule has 0 aliphatic heterocycles. The molecule has 1 amide bonds. The number of amides is 1. The Kier molecular flexibility index (Phi) is 12.3. The Morgan fingerprint density at radius 3 is 2.46 bits per heavy atom. The minimum Gasteiger partial charge on any atom is -0.493 e. The van der Waals surface area contributed by atoms with Crippen LogP contribution in [0.15, 0.2) is 66.5 Å². The van der Waals surface area contributed by atoms with Gasteiger partial charge in [-0.25, -0.2) is 4.79 Å². The molecule has 0 saturated heterocycles. The van der Waals surface area contributed by atoms with E-state index in [2.05, 4.69) is 17.5 Å². The van der Waals surface area contributed by atoms with Crippen LogP contribution in [-0.4, -0.2) is 53.9 Å². The van der Waals surface area contributed by atoms with Gasteiger partial charge in [0.25, 0.3) is 0 Å². The SMILES string of the molecule is CC(C)OC1=CCC(COc2ccc(CCCOc3ccc(C(=O)O)cc3CC(=O)NCCCC(=O)O)cc2)C=C1. The van der Waals surface area contributed by atoms with Crippen molar-refractivity contribution in [1.82, 2.24) is 5.32 Å². The Hall–Kier alpha value is -4.27. The fraction of sp³-hybridized carbons (Fsp3) is 0.406. The monoisotopic (exact) mass is 565 g/mol. The van der Waals surface area contributed by atoms with E-state index in [9.17, 15) is 19.5 Å². The summed E-state index contributed by atoms with van der Waals surface area (Å²) in [6, 6.07) is 12.4. The molecule has 0 heterocycles. The molecule has 0 radical (unpaired) electrons. The van der Waals surface area contributed by atoms with E-state index in [4.69, 9.17) is 19.3 Å². The number of ether oxygens (including phenoxy) is 3. The van der Waals surface area contributed by atoms with Crippen molar-refractivity contribution in [3.05, 3.63) is 83.1 Å². The number of benzene rings is 2. The van der Waals surface area contributed by atoms with Gasteiger partial charge in [0.05, 0.1) is 31.3 Å². The zero-order valence-electron chi connectivity index (χ0n) is 23.6. The third-order valence-corrected chi connectivity index (χ3v) is 6.33. The first-order valence-electron chi connectivity index (χ1n) is 13.9. The molecule has 220 valence electrons. The van der Waals surface area contributed by atoms with E-state index in [0.29, 0.717) is 36.9 Å². The average molecular weight is 566 g/mol. The van der Waals surface area contributed by atoms with Crippen molar-refractivity contribution in [1.29, 1.82) is 0 Å². The Morgan fingerprint density at radius 2 is 1.80 bits per heavy atom. The number of nitrogens with one attached hydrogen (secondary N) is 1. The highest BCUT2D eigenvalue weighted by Gasteiger charge is 2.14. The second-order valence-corrected chi connectivity index (χ2v) is 10.2. The molecule has 2 aromatic carbocycles. The van der Waals surface area contributed by atoms with E-state index in [-0.39, 0.29) is 37.0 Å². The van der Waals surface area contributed by atoms with Crippen LogP contribution in [0.3, 0.4) is 0 Å². The van der Waals surface area contributed by atoms with Gasteiger partial charge in [0.15, 0.2) is 0 Å². The van der Waals surface area contributed by atoms with Gasteiger partial charge in [-0.3, -0.25) is 9.59 Å². The quantitative estimate of drug-likeness (QED) is 0.224. The molecular weight excluding hydrogens is 526 g/mol. The summed E-state index contributed by atoms with van der Waals surface area (Å²) in [5.74, 6) is 0.142. The number of carbonyl (C=O) groups excluding carboxylic acids is 1. The van der Waals surface area contributed by atoms with Gasteiger partial charge in [0.1, 0.15) is 17.3 Å². The van der Waals surface area contributed by atoms with Gasteiger partial charge in [-0.05, 0) is 87.6 Å². The number of allylic oxidation sites excluding steroid dienone is 2. The van der Waals surface area contributed by atoms with Crippen molar-refractivity contribution in [2.75, 3.05) is 19.8 Å². The summed E-state index contributed by atoms with van der Waals surface area (Å²) in [5.41, 5.74) is 1.67. The van der Waals surface area contributed by atoms with Crippen LogP contribution in [0.1, 0.15) is 61.0 Å². The zero-order chi connectivity index (χ0) is 29.6. The molecule has 1 atom stereocenters. The van der Waals surface area contributed by atoms with E-state index < -0.39 is 11.9 Å². The standard InChI is InChI=1S/C32H39NO8/c1-22(2)41-28-14-9-24(10-15-28)21-40-27-12-7-23(8-13-27)5-4-18-39-29-16-11-25(32(37)38)19-26(29)20-30(34)33-17-3-6-31(35)36/h7-9,11-16,19,22,24H,3-6,10,17-18,20-21H2,1-2H3,(H,33,34)(H,35,36)(H,37,38). The normalized spacial score (nSPS) is 14.3. The van der Waals surface area contributed by atoms with Gasteiger partial charge >= 0.3 is 11.9 Å². The first-order valence-corrected chi connectivity index (χ1v) is 13.9. The van der Waals surface area contributed by atoms with Crippen LogP contribution in [0.25, 0.3) is 0 Å². The summed E-state index contributed by atoms with van der Waals surface area (Å²) >= 11 is 0. The van der Waals surface area contributed by atoms with Crippen LogP contribution >= 0.6 is 0 Å². The maximum absolute atomic E-state index is 12.3.